The Balaban J connectivity index is 2.39. The molecule has 0 aromatic rings. The zero-order valence-corrected chi connectivity index (χ0v) is 5.93. The maximum atomic E-state index is 9.11. The van der Waals surface area contributed by atoms with Gasteiger partial charge in [0.15, 0.2) is 0 Å². The summed E-state index contributed by atoms with van der Waals surface area (Å²) in [6.45, 7) is 5.90. The topological polar surface area (TPSA) is 20.2 Å². The summed E-state index contributed by atoms with van der Waals surface area (Å²) in [5.74, 6) is 0.597. The molecule has 1 aliphatic rings. The van der Waals surface area contributed by atoms with Crippen molar-refractivity contribution in [3.05, 3.63) is 12.2 Å². The maximum Gasteiger partial charge on any atom is 0.0546 e. The van der Waals surface area contributed by atoms with Crippen LogP contribution in [0.4, 0.5) is 0 Å². The summed E-state index contributed by atoms with van der Waals surface area (Å²) in [5.41, 5.74) is 1.23. The van der Waals surface area contributed by atoms with E-state index >= 15 is 0 Å². The van der Waals surface area contributed by atoms with Crippen LogP contribution in [0.2, 0.25) is 0 Å². The fourth-order valence-electron chi connectivity index (χ4n) is 1.41. The third-order valence-electron chi connectivity index (χ3n) is 2.10. The molecule has 1 saturated carbocycles. The maximum absolute atomic E-state index is 9.11. The van der Waals surface area contributed by atoms with Gasteiger partial charge in [-0.05, 0) is 32.1 Å². The lowest BCUT2D eigenvalue weighted by Gasteiger charge is -2.06. The molecule has 0 saturated heterocycles. The smallest absolute Gasteiger partial charge is 0.0546 e. The van der Waals surface area contributed by atoms with Gasteiger partial charge in [0.1, 0.15) is 0 Å². The van der Waals surface area contributed by atoms with Gasteiger partial charge in [-0.2, -0.15) is 0 Å². The Labute approximate surface area is 56.4 Å². The van der Waals surface area contributed by atoms with Gasteiger partial charge in [0.05, 0.1) is 6.10 Å². The second-order valence-electron chi connectivity index (χ2n) is 3.01. The molecule has 52 valence electrons. The van der Waals surface area contributed by atoms with E-state index in [4.69, 9.17) is 5.11 Å². The number of hydrogen-bond acceptors (Lipinski definition) is 1. The van der Waals surface area contributed by atoms with E-state index in [2.05, 4.69) is 6.58 Å². The third-order valence-corrected chi connectivity index (χ3v) is 2.10. The van der Waals surface area contributed by atoms with Crippen molar-refractivity contribution >= 4 is 0 Å². The molecular formula is C8H14O. The summed E-state index contributed by atoms with van der Waals surface area (Å²) in [7, 11) is 0. The molecule has 1 nitrogen and oxygen atoms in total. The van der Waals surface area contributed by atoms with Gasteiger partial charge in [-0.1, -0.05) is 12.2 Å². The standard InChI is InChI=1S/C8H14O/c1-6(2)7-3-4-8(9)5-7/h7-9H,1,3-5H2,2H3/t7-,8-/m0/s1. The second-order valence-corrected chi connectivity index (χ2v) is 3.01. The molecule has 1 fully saturated rings. The van der Waals surface area contributed by atoms with Crippen LogP contribution in [-0.4, -0.2) is 11.2 Å². The van der Waals surface area contributed by atoms with Crippen LogP contribution in [0.1, 0.15) is 26.2 Å². The van der Waals surface area contributed by atoms with Crippen LogP contribution >= 0.6 is 0 Å². The van der Waals surface area contributed by atoms with E-state index in [1.54, 1.807) is 0 Å². The predicted octanol–water partition coefficient (Wildman–Crippen LogP) is 1.72. The molecule has 0 spiro atoms. The minimum Gasteiger partial charge on any atom is -0.393 e. The predicted molar refractivity (Wildman–Crippen MR) is 38.2 cm³/mol. The number of hydrogen-bond donors (Lipinski definition) is 1. The SMILES string of the molecule is C=C(C)[C@H]1CC[C@H](O)C1. The molecule has 9 heavy (non-hydrogen) atoms. The molecule has 0 heterocycles. The average Bonchev–Trinajstić information content (AvgIpc) is 2.14. The van der Waals surface area contributed by atoms with Crippen LogP contribution in [0.3, 0.4) is 0 Å². The van der Waals surface area contributed by atoms with Gasteiger partial charge < -0.3 is 5.11 Å². The molecule has 1 rings (SSSR count). The Morgan fingerprint density at radius 3 is 2.44 bits per heavy atom. The molecular weight excluding hydrogens is 112 g/mol. The highest BCUT2D eigenvalue weighted by molar-refractivity contribution is 4.99. The van der Waals surface area contributed by atoms with Crippen molar-refractivity contribution in [1.29, 1.82) is 0 Å². The van der Waals surface area contributed by atoms with E-state index in [0.717, 1.165) is 19.3 Å². The minimum atomic E-state index is -0.0494. The summed E-state index contributed by atoms with van der Waals surface area (Å²) in [5, 5.41) is 9.11. The van der Waals surface area contributed by atoms with Gasteiger partial charge in [-0.25, -0.2) is 0 Å². The molecule has 1 heteroatoms. The highest BCUT2D eigenvalue weighted by Gasteiger charge is 2.22. The number of aliphatic hydroxyl groups is 1. The van der Waals surface area contributed by atoms with Crippen molar-refractivity contribution in [1.82, 2.24) is 0 Å². The molecule has 0 aliphatic heterocycles. The summed E-state index contributed by atoms with van der Waals surface area (Å²) in [6.07, 6.45) is 3.00. The Morgan fingerprint density at radius 1 is 1.56 bits per heavy atom. The van der Waals surface area contributed by atoms with Crippen LogP contribution in [0.15, 0.2) is 12.2 Å². The van der Waals surface area contributed by atoms with Crippen LogP contribution in [0, 0.1) is 5.92 Å². The van der Waals surface area contributed by atoms with E-state index in [0.29, 0.717) is 5.92 Å². The van der Waals surface area contributed by atoms with Crippen molar-refractivity contribution in [2.75, 3.05) is 0 Å². The quantitative estimate of drug-likeness (QED) is 0.530. The summed E-state index contributed by atoms with van der Waals surface area (Å²) in [4.78, 5) is 0. The lowest BCUT2D eigenvalue weighted by Crippen LogP contribution is -2.00. The summed E-state index contributed by atoms with van der Waals surface area (Å²) in [6, 6.07) is 0. The first kappa shape index (κ1) is 6.81. The van der Waals surface area contributed by atoms with Crippen molar-refractivity contribution in [3.63, 3.8) is 0 Å². The largest absolute Gasteiger partial charge is 0.393 e. The molecule has 2 atom stereocenters. The molecule has 0 amide bonds. The Kier molecular flexibility index (Phi) is 1.91. The minimum absolute atomic E-state index is 0.0494. The molecule has 0 bridgehead atoms. The zero-order chi connectivity index (χ0) is 6.85. The monoisotopic (exact) mass is 126 g/mol. The Hall–Kier alpha value is -0.300. The van der Waals surface area contributed by atoms with Crippen molar-refractivity contribution < 1.29 is 5.11 Å². The lowest BCUT2D eigenvalue weighted by atomic mass is 10.0. The third kappa shape index (κ3) is 1.55. The van der Waals surface area contributed by atoms with Crippen molar-refractivity contribution in [3.8, 4) is 0 Å². The van der Waals surface area contributed by atoms with Crippen LogP contribution < -0.4 is 0 Å². The molecule has 0 aromatic carbocycles. The van der Waals surface area contributed by atoms with Crippen molar-refractivity contribution in [2.45, 2.75) is 32.3 Å². The van der Waals surface area contributed by atoms with E-state index in [-0.39, 0.29) is 6.10 Å². The first-order chi connectivity index (χ1) is 4.20. The van der Waals surface area contributed by atoms with Crippen LogP contribution in [0.25, 0.3) is 0 Å². The van der Waals surface area contributed by atoms with Crippen LogP contribution in [-0.2, 0) is 0 Å². The van der Waals surface area contributed by atoms with Gasteiger partial charge in [0.2, 0.25) is 0 Å². The highest BCUT2D eigenvalue weighted by atomic mass is 16.3. The van der Waals surface area contributed by atoms with Crippen LogP contribution in [0.5, 0.6) is 0 Å². The van der Waals surface area contributed by atoms with Gasteiger partial charge in [0, 0.05) is 0 Å². The molecule has 0 radical (unpaired) electrons. The molecule has 1 aliphatic carbocycles. The molecule has 0 aromatic heterocycles. The van der Waals surface area contributed by atoms with E-state index in [1.807, 2.05) is 6.92 Å². The normalized spacial score (nSPS) is 34.9. The Morgan fingerprint density at radius 2 is 2.22 bits per heavy atom. The summed E-state index contributed by atoms with van der Waals surface area (Å²) >= 11 is 0. The lowest BCUT2D eigenvalue weighted by molar-refractivity contribution is 0.179. The molecule has 0 unspecified atom stereocenters. The fourth-order valence-corrected chi connectivity index (χ4v) is 1.41. The van der Waals surface area contributed by atoms with Crippen molar-refractivity contribution in [2.24, 2.45) is 5.92 Å². The summed E-state index contributed by atoms with van der Waals surface area (Å²) < 4.78 is 0. The van der Waals surface area contributed by atoms with E-state index in [9.17, 15) is 0 Å². The van der Waals surface area contributed by atoms with E-state index in [1.165, 1.54) is 5.57 Å². The number of allylic oxidation sites excluding steroid dienone is 1. The highest BCUT2D eigenvalue weighted by Crippen LogP contribution is 2.29. The van der Waals surface area contributed by atoms with Gasteiger partial charge in [-0.3, -0.25) is 0 Å². The number of aliphatic hydroxyl groups excluding tert-OH is 1. The zero-order valence-electron chi connectivity index (χ0n) is 5.93. The average molecular weight is 126 g/mol. The fraction of sp³-hybridized carbons (Fsp3) is 0.750. The Bertz CT molecular complexity index is 118. The van der Waals surface area contributed by atoms with Gasteiger partial charge in [-0.15, -0.1) is 0 Å². The first-order valence-electron chi connectivity index (χ1n) is 3.53. The second kappa shape index (κ2) is 2.53. The first-order valence-corrected chi connectivity index (χ1v) is 3.53. The van der Waals surface area contributed by atoms with E-state index < -0.39 is 0 Å². The van der Waals surface area contributed by atoms with Gasteiger partial charge >= 0.3 is 0 Å². The molecule has 1 N–H and O–H groups in total. The van der Waals surface area contributed by atoms with Gasteiger partial charge in [0.25, 0.3) is 0 Å². The number of rotatable bonds is 1.